The Labute approximate surface area is 138 Å². The van der Waals surface area contributed by atoms with E-state index in [9.17, 15) is 18.4 Å². The van der Waals surface area contributed by atoms with Gasteiger partial charge in [-0.25, -0.2) is 8.78 Å². The van der Waals surface area contributed by atoms with E-state index in [1.807, 2.05) is 0 Å². The van der Waals surface area contributed by atoms with Crippen LogP contribution in [0.15, 0.2) is 48.5 Å². The number of rotatable bonds is 6. The number of carbonyl (C=O) groups is 2. The van der Waals surface area contributed by atoms with Crippen molar-refractivity contribution < 1.29 is 23.1 Å². The van der Waals surface area contributed by atoms with Crippen molar-refractivity contribution >= 4 is 11.9 Å². The lowest BCUT2D eigenvalue weighted by molar-refractivity contribution is -0.151. The molecule has 0 unspecified atom stereocenters. The average Bonchev–Trinajstić information content (AvgIpc) is 2.56. The number of benzene rings is 2. The summed E-state index contributed by atoms with van der Waals surface area (Å²) in [7, 11) is 1.50. The number of hydrogen-bond donors (Lipinski definition) is 0. The van der Waals surface area contributed by atoms with E-state index < -0.39 is 30.1 Å². The number of esters is 1. The number of nitrogens with zero attached hydrogens (tertiary/aromatic N) is 1. The van der Waals surface area contributed by atoms with Crippen LogP contribution in [0.3, 0.4) is 0 Å². The molecule has 126 valence electrons. The van der Waals surface area contributed by atoms with Gasteiger partial charge < -0.3 is 9.64 Å². The Bertz CT molecular complexity index is 716. The van der Waals surface area contributed by atoms with Gasteiger partial charge in [0.2, 0.25) is 0 Å². The fourth-order valence-corrected chi connectivity index (χ4v) is 2.04. The Morgan fingerprint density at radius 2 is 1.71 bits per heavy atom. The average molecular weight is 333 g/mol. The van der Waals surface area contributed by atoms with Crippen LogP contribution in [0, 0.1) is 11.6 Å². The molecule has 0 aromatic heterocycles. The van der Waals surface area contributed by atoms with Gasteiger partial charge >= 0.3 is 5.97 Å². The summed E-state index contributed by atoms with van der Waals surface area (Å²) >= 11 is 0. The molecule has 24 heavy (non-hydrogen) atoms. The third-order valence-corrected chi connectivity index (χ3v) is 3.41. The molecule has 0 bridgehead atoms. The Hall–Kier alpha value is -2.76. The SMILES string of the molecule is CN(Cc1ccccc1F)C(=O)COC(=O)Cc1ccc(F)cc1. The maximum absolute atomic E-state index is 13.5. The van der Waals surface area contributed by atoms with Gasteiger partial charge in [-0.15, -0.1) is 0 Å². The summed E-state index contributed by atoms with van der Waals surface area (Å²) in [5.74, 6) is -1.82. The second-order valence-corrected chi connectivity index (χ2v) is 5.31. The molecule has 0 radical (unpaired) electrons. The summed E-state index contributed by atoms with van der Waals surface area (Å²) in [4.78, 5) is 24.9. The van der Waals surface area contributed by atoms with Gasteiger partial charge in [0.05, 0.1) is 6.42 Å². The molecule has 4 nitrogen and oxygen atoms in total. The van der Waals surface area contributed by atoms with Crippen LogP contribution in [0.5, 0.6) is 0 Å². The monoisotopic (exact) mass is 333 g/mol. The molecule has 6 heteroatoms. The number of hydrogen-bond acceptors (Lipinski definition) is 3. The highest BCUT2D eigenvalue weighted by Gasteiger charge is 2.14. The van der Waals surface area contributed by atoms with Crippen LogP contribution in [0.1, 0.15) is 11.1 Å². The van der Waals surface area contributed by atoms with Crippen molar-refractivity contribution in [3.05, 3.63) is 71.3 Å². The summed E-state index contributed by atoms with van der Waals surface area (Å²) in [5.41, 5.74) is 0.972. The van der Waals surface area contributed by atoms with Crippen molar-refractivity contribution in [2.45, 2.75) is 13.0 Å². The van der Waals surface area contributed by atoms with Crippen LogP contribution >= 0.6 is 0 Å². The number of ether oxygens (including phenoxy) is 1. The molecule has 1 amide bonds. The molecule has 0 fully saturated rings. The van der Waals surface area contributed by atoms with E-state index in [0.717, 1.165) is 0 Å². The van der Waals surface area contributed by atoms with E-state index in [-0.39, 0.29) is 13.0 Å². The van der Waals surface area contributed by atoms with E-state index in [0.29, 0.717) is 11.1 Å². The molecule has 0 aliphatic heterocycles. The van der Waals surface area contributed by atoms with Crippen LogP contribution in [-0.4, -0.2) is 30.4 Å². The van der Waals surface area contributed by atoms with Gasteiger partial charge in [-0.05, 0) is 23.8 Å². The van der Waals surface area contributed by atoms with Crippen LogP contribution in [0.4, 0.5) is 8.78 Å². The van der Waals surface area contributed by atoms with Crippen LogP contribution in [0.25, 0.3) is 0 Å². The number of likely N-dealkylation sites (N-methyl/N-ethyl adjacent to an activating group) is 1. The van der Waals surface area contributed by atoms with E-state index >= 15 is 0 Å². The first-order valence-electron chi connectivity index (χ1n) is 7.33. The second-order valence-electron chi connectivity index (χ2n) is 5.31. The minimum atomic E-state index is -0.589. The van der Waals surface area contributed by atoms with Crippen LogP contribution in [0.2, 0.25) is 0 Å². The maximum atomic E-state index is 13.5. The van der Waals surface area contributed by atoms with Gasteiger partial charge in [0, 0.05) is 19.2 Å². The molecule has 2 aromatic carbocycles. The van der Waals surface area contributed by atoms with Gasteiger partial charge in [0.25, 0.3) is 5.91 Å². The highest BCUT2D eigenvalue weighted by molar-refractivity contribution is 5.81. The fraction of sp³-hybridized carbons (Fsp3) is 0.222. The molecule has 0 atom stereocenters. The van der Waals surface area contributed by atoms with Crippen molar-refractivity contribution in [1.82, 2.24) is 4.90 Å². The minimum absolute atomic E-state index is 0.0510. The molecular weight excluding hydrogens is 316 g/mol. The quantitative estimate of drug-likeness (QED) is 0.764. The van der Waals surface area contributed by atoms with E-state index in [1.54, 1.807) is 18.2 Å². The normalized spacial score (nSPS) is 10.3. The second kappa shape index (κ2) is 8.19. The van der Waals surface area contributed by atoms with E-state index in [4.69, 9.17) is 4.74 Å². The smallest absolute Gasteiger partial charge is 0.310 e. The summed E-state index contributed by atoms with van der Waals surface area (Å²) in [5, 5.41) is 0. The molecule has 0 N–H and O–H groups in total. The zero-order chi connectivity index (χ0) is 17.5. The Kier molecular flexibility index (Phi) is 6.01. The topological polar surface area (TPSA) is 46.6 Å². The molecule has 0 saturated heterocycles. The zero-order valence-corrected chi connectivity index (χ0v) is 13.2. The lowest BCUT2D eigenvalue weighted by Crippen LogP contribution is -2.31. The molecule has 2 rings (SSSR count). The molecule has 0 aliphatic carbocycles. The first kappa shape index (κ1) is 17.6. The number of halogens is 2. The van der Waals surface area contributed by atoms with Gasteiger partial charge in [0.1, 0.15) is 11.6 Å². The van der Waals surface area contributed by atoms with Crippen molar-refractivity contribution in [3.63, 3.8) is 0 Å². The van der Waals surface area contributed by atoms with Crippen molar-refractivity contribution in [3.8, 4) is 0 Å². The van der Waals surface area contributed by atoms with Crippen molar-refractivity contribution in [1.29, 1.82) is 0 Å². The third-order valence-electron chi connectivity index (χ3n) is 3.41. The van der Waals surface area contributed by atoms with Gasteiger partial charge in [-0.2, -0.15) is 0 Å². The molecule has 0 spiro atoms. The Balaban J connectivity index is 1.80. The number of amides is 1. The number of carbonyl (C=O) groups excluding carboxylic acids is 2. The molecule has 0 saturated carbocycles. The first-order chi connectivity index (χ1) is 11.5. The highest BCUT2D eigenvalue weighted by Crippen LogP contribution is 2.09. The summed E-state index contributed by atoms with van der Waals surface area (Å²) in [6, 6.07) is 11.6. The van der Waals surface area contributed by atoms with Gasteiger partial charge in [-0.1, -0.05) is 30.3 Å². The molecule has 2 aromatic rings. The van der Waals surface area contributed by atoms with E-state index in [1.165, 1.54) is 42.3 Å². The van der Waals surface area contributed by atoms with E-state index in [2.05, 4.69) is 0 Å². The van der Waals surface area contributed by atoms with Gasteiger partial charge in [-0.3, -0.25) is 9.59 Å². The third kappa shape index (κ3) is 5.15. The van der Waals surface area contributed by atoms with Crippen LogP contribution in [-0.2, 0) is 27.3 Å². The molecule has 0 heterocycles. The predicted molar refractivity (Wildman–Crippen MR) is 83.9 cm³/mol. The summed E-state index contributed by atoms with van der Waals surface area (Å²) in [6.07, 6.45) is -0.0510. The largest absolute Gasteiger partial charge is 0.455 e. The first-order valence-corrected chi connectivity index (χ1v) is 7.33. The van der Waals surface area contributed by atoms with Crippen LogP contribution < -0.4 is 0 Å². The fourth-order valence-electron chi connectivity index (χ4n) is 2.04. The highest BCUT2D eigenvalue weighted by atomic mass is 19.1. The minimum Gasteiger partial charge on any atom is -0.455 e. The van der Waals surface area contributed by atoms with Crippen molar-refractivity contribution in [2.24, 2.45) is 0 Å². The molecule has 0 aliphatic rings. The lowest BCUT2D eigenvalue weighted by atomic mass is 10.1. The summed E-state index contributed by atoms with van der Waals surface area (Å²) in [6.45, 7) is -0.341. The maximum Gasteiger partial charge on any atom is 0.310 e. The van der Waals surface area contributed by atoms with Crippen molar-refractivity contribution in [2.75, 3.05) is 13.7 Å². The Morgan fingerprint density at radius 3 is 2.38 bits per heavy atom. The Morgan fingerprint density at radius 1 is 1.04 bits per heavy atom. The van der Waals surface area contributed by atoms with Gasteiger partial charge in [0.15, 0.2) is 6.61 Å². The predicted octanol–water partition coefficient (Wildman–Crippen LogP) is 2.71. The summed E-state index contributed by atoms with van der Waals surface area (Å²) < 4.78 is 31.2. The lowest BCUT2D eigenvalue weighted by Gasteiger charge is -2.17. The zero-order valence-electron chi connectivity index (χ0n) is 13.2. The molecular formula is C18H17F2NO3. The standard InChI is InChI=1S/C18H17F2NO3/c1-21(11-14-4-2-3-5-16(14)20)17(22)12-24-18(23)10-13-6-8-15(19)9-7-13/h2-9H,10-12H2,1H3.